The van der Waals surface area contributed by atoms with Crippen LogP contribution in [0, 0.1) is 0 Å². The fraction of sp³-hybridized carbons (Fsp3) is 0.167. The van der Waals surface area contributed by atoms with E-state index in [0.717, 1.165) is 5.56 Å². The first-order valence-corrected chi connectivity index (χ1v) is 5.84. The Morgan fingerprint density at radius 1 is 1.35 bits per heavy atom. The van der Waals surface area contributed by atoms with E-state index in [1.54, 1.807) is 7.11 Å². The minimum absolute atomic E-state index is 0.203. The van der Waals surface area contributed by atoms with E-state index in [1.807, 2.05) is 30.3 Å². The largest absolute Gasteiger partial charge is 0.378 e. The Balaban J connectivity index is 2.53. The molecule has 2 aromatic rings. The molecule has 4 nitrogen and oxygen atoms in total. The summed E-state index contributed by atoms with van der Waals surface area (Å²) in [6.45, 7) is 0.296. The normalized spacial score (nSPS) is 10.5. The van der Waals surface area contributed by atoms with Gasteiger partial charge >= 0.3 is 0 Å². The van der Waals surface area contributed by atoms with Gasteiger partial charge in [-0.25, -0.2) is 4.98 Å². The molecule has 1 heterocycles. The van der Waals surface area contributed by atoms with Crippen LogP contribution in [0.4, 0.5) is 0 Å². The van der Waals surface area contributed by atoms with Gasteiger partial charge in [0.05, 0.1) is 12.3 Å². The SMILES string of the molecule is COCc1nc(-c2ccccc2)[nH]c(=O)c1Br. The summed E-state index contributed by atoms with van der Waals surface area (Å²) in [4.78, 5) is 18.8. The van der Waals surface area contributed by atoms with Gasteiger partial charge in [0.2, 0.25) is 0 Å². The van der Waals surface area contributed by atoms with Gasteiger partial charge in [-0.2, -0.15) is 0 Å². The lowest BCUT2D eigenvalue weighted by atomic mass is 10.2. The van der Waals surface area contributed by atoms with E-state index < -0.39 is 0 Å². The maximum Gasteiger partial charge on any atom is 0.265 e. The average molecular weight is 295 g/mol. The first kappa shape index (κ1) is 12.0. The molecule has 88 valence electrons. The lowest BCUT2D eigenvalue weighted by molar-refractivity contribution is 0.180. The summed E-state index contributed by atoms with van der Waals surface area (Å²) < 4.78 is 5.43. The lowest BCUT2D eigenvalue weighted by Crippen LogP contribution is -2.14. The van der Waals surface area contributed by atoms with E-state index >= 15 is 0 Å². The molecule has 1 aromatic heterocycles. The molecule has 5 heteroatoms. The van der Waals surface area contributed by atoms with Crippen molar-refractivity contribution in [3.63, 3.8) is 0 Å². The molecule has 0 unspecified atom stereocenters. The number of rotatable bonds is 3. The number of H-pyrrole nitrogens is 1. The van der Waals surface area contributed by atoms with Crippen LogP contribution in [0.25, 0.3) is 11.4 Å². The number of benzene rings is 1. The van der Waals surface area contributed by atoms with Crippen LogP contribution in [0.5, 0.6) is 0 Å². The van der Waals surface area contributed by atoms with Gasteiger partial charge in [0.1, 0.15) is 10.3 Å². The van der Waals surface area contributed by atoms with E-state index in [2.05, 4.69) is 25.9 Å². The molecule has 0 fully saturated rings. The molecule has 0 aliphatic rings. The summed E-state index contributed by atoms with van der Waals surface area (Å²) in [5.41, 5.74) is 1.26. The highest BCUT2D eigenvalue weighted by Crippen LogP contribution is 2.16. The zero-order chi connectivity index (χ0) is 12.3. The topological polar surface area (TPSA) is 55.0 Å². The monoisotopic (exact) mass is 294 g/mol. The van der Waals surface area contributed by atoms with Crippen molar-refractivity contribution < 1.29 is 4.74 Å². The Kier molecular flexibility index (Phi) is 3.71. The number of aromatic amines is 1. The Labute approximate surface area is 107 Å². The Morgan fingerprint density at radius 3 is 2.71 bits per heavy atom. The summed E-state index contributed by atoms with van der Waals surface area (Å²) in [6.07, 6.45) is 0. The Hall–Kier alpha value is -1.46. The van der Waals surface area contributed by atoms with Gasteiger partial charge in [-0.05, 0) is 15.9 Å². The van der Waals surface area contributed by atoms with E-state index in [1.165, 1.54) is 0 Å². The maximum atomic E-state index is 11.7. The standard InChI is InChI=1S/C12H11BrN2O2/c1-17-7-9-10(13)12(16)15-11(14-9)8-5-3-2-4-6-8/h2-6H,7H2,1H3,(H,14,15,16). The Morgan fingerprint density at radius 2 is 2.06 bits per heavy atom. The summed E-state index contributed by atoms with van der Waals surface area (Å²) in [5.74, 6) is 0.547. The van der Waals surface area contributed by atoms with Crippen molar-refractivity contribution in [2.45, 2.75) is 6.61 Å². The zero-order valence-corrected chi connectivity index (χ0v) is 10.8. The number of hydrogen-bond acceptors (Lipinski definition) is 3. The third-order valence-corrected chi connectivity index (χ3v) is 3.08. The van der Waals surface area contributed by atoms with E-state index in [-0.39, 0.29) is 5.56 Å². The van der Waals surface area contributed by atoms with Gasteiger partial charge < -0.3 is 9.72 Å². The molecular weight excluding hydrogens is 284 g/mol. The molecule has 1 aromatic carbocycles. The molecule has 0 aliphatic carbocycles. The quantitative estimate of drug-likeness (QED) is 0.945. The molecular formula is C12H11BrN2O2. The number of halogens is 1. The molecule has 0 atom stereocenters. The van der Waals surface area contributed by atoms with Gasteiger partial charge in [0.25, 0.3) is 5.56 Å². The number of ether oxygens (including phenoxy) is 1. The fourth-order valence-electron chi connectivity index (χ4n) is 1.47. The van der Waals surface area contributed by atoms with Crippen molar-refractivity contribution in [3.8, 4) is 11.4 Å². The average Bonchev–Trinajstić information content (AvgIpc) is 2.36. The van der Waals surface area contributed by atoms with Gasteiger partial charge in [0.15, 0.2) is 0 Å². The number of aromatic nitrogens is 2. The predicted octanol–water partition coefficient (Wildman–Crippen LogP) is 2.35. The molecule has 2 rings (SSSR count). The molecule has 0 aliphatic heterocycles. The van der Waals surface area contributed by atoms with Crippen LogP contribution in [-0.2, 0) is 11.3 Å². The smallest absolute Gasteiger partial charge is 0.265 e. The molecule has 17 heavy (non-hydrogen) atoms. The molecule has 0 bridgehead atoms. The third-order valence-electron chi connectivity index (χ3n) is 2.26. The van der Waals surface area contributed by atoms with Gasteiger partial charge in [0, 0.05) is 12.7 Å². The second-order valence-corrected chi connectivity index (χ2v) is 4.27. The summed E-state index contributed by atoms with van der Waals surface area (Å²) in [6, 6.07) is 9.49. The van der Waals surface area contributed by atoms with Crippen molar-refractivity contribution in [1.82, 2.24) is 9.97 Å². The molecule has 0 saturated heterocycles. The number of nitrogens with one attached hydrogen (secondary N) is 1. The van der Waals surface area contributed by atoms with E-state index in [4.69, 9.17) is 4.74 Å². The fourth-order valence-corrected chi connectivity index (χ4v) is 1.77. The van der Waals surface area contributed by atoms with Crippen molar-refractivity contribution in [1.29, 1.82) is 0 Å². The van der Waals surface area contributed by atoms with Crippen molar-refractivity contribution in [3.05, 3.63) is 50.9 Å². The summed E-state index contributed by atoms with van der Waals surface area (Å²) >= 11 is 3.20. The van der Waals surface area contributed by atoms with E-state index in [9.17, 15) is 4.79 Å². The molecule has 1 N–H and O–H groups in total. The van der Waals surface area contributed by atoms with Crippen LogP contribution >= 0.6 is 15.9 Å². The van der Waals surface area contributed by atoms with Gasteiger partial charge in [-0.3, -0.25) is 4.79 Å². The molecule has 0 radical (unpaired) electrons. The third kappa shape index (κ3) is 2.62. The number of hydrogen-bond donors (Lipinski definition) is 1. The second-order valence-electron chi connectivity index (χ2n) is 3.47. The Bertz CT molecular complexity index is 566. The minimum atomic E-state index is -0.203. The zero-order valence-electron chi connectivity index (χ0n) is 9.24. The number of methoxy groups -OCH3 is 1. The summed E-state index contributed by atoms with van der Waals surface area (Å²) in [7, 11) is 1.57. The van der Waals surface area contributed by atoms with Crippen LogP contribution in [0.15, 0.2) is 39.6 Å². The van der Waals surface area contributed by atoms with E-state index in [0.29, 0.717) is 22.6 Å². The highest BCUT2D eigenvalue weighted by molar-refractivity contribution is 9.10. The first-order valence-electron chi connectivity index (χ1n) is 5.05. The molecule has 0 amide bonds. The maximum absolute atomic E-state index is 11.7. The van der Waals surface area contributed by atoms with Crippen LogP contribution < -0.4 is 5.56 Å². The minimum Gasteiger partial charge on any atom is -0.378 e. The highest BCUT2D eigenvalue weighted by atomic mass is 79.9. The second kappa shape index (κ2) is 5.25. The molecule has 0 saturated carbocycles. The highest BCUT2D eigenvalue weighted by Gasteiger charge is 2.09. The predicted molar refractivity (Wildman–Crippen MR) is 68.7 cm³/mol. The van der Waals surface area contributed by atoms with Gasteiger partial charge in [-0.1, -0.05) is 30.3 Å². The van der Waals surface area contributed by atoms with Crippen molar-refractivity contribution in [2.75, 3.05) is 7.11 Å². The first-order chi connectivity index (χ1) is 8.22. The van der Waals surface area contributed by atoms with Crippen LogP contribution in [0.2, 0.25) is 0 Å². The van der Waals surface area contributed by atoms with Crippen molar-refractivity contribution in [2.24, 2.45) is 0 Å². The van der Waals surface area contributed by atoms with Gasteiger partial charge in [-0.15, -0.1) is 0 Å². The van der Waals surface area contributed by atoms with Crippen LogP contribution in [0.1, 0.15) is 5.69 Å². The number of nitrogens with zero attached hydrogens (tertiary/aromatic N) is 1. The van der Waals surface area contributed by atoms with Crippen LogP contribution in [0.3, 0.4) is 0 Å². The lowest BCUT2D eigenvalue weighted by Gasteiger charge is -2.05. The van der Waals surface area contributed by atoms with Crippen molar-refractivity contribution >= 4 is 15.9 Å². The summed E-state index contributed by atoms with van der Waals surface area (Å²) in [5, 5.41) is 0. The molecule has 0 spiro atoms. The van der Waals surface area contributed by atoms with Crippen LogP contribution in [-0.4, -0.2) is 17.1 Å².